The van der Waals surface area contributed by atoms with E-state index < -0.39 is 11.9 Å². The monoisotopic (exact) mass is 282 g/mol. The van der Waals surface area contributed by atoms with E-state index in [1.807, 2.05) is 13.8 Å². The van der Waals surface area contributed by atoms with Gasteiger partial charge in [0.05, 0.1) is 6.10 Å². The van der Waals surface area contributed by atoms with Crippen molar-refractivity contribution in [1.82, 2.24) is 0 Å². The second kappa shape index (κ2) is 8.77. The van der Waals surface area contributed by atoms with Crippen molar-refractivity contribution in [1.29, 1.82) is 0 Å². The van der Waals surface area contributed by atoms with Gasteiger partial charge in [-0.1, -0.05) is 20.3 Å². The number of ether oxygens (including phenoxy) is 2. The van der Waals surface area contributed by atoms with Gasteiger partial charge in [0.15, 0.2) is 0 Å². The van der Waals surface area contributed by atoms with Gasteiger partial charge in [-0.2, -0.15) is 0 Å². The number of carbonyl (C=O) groups excluding carboxylic acids is 2. The fourth-order valence-corrected chi connectivity index (χ4v) is 2.39. The Morgan fingerprint density at radius 3 is 2.35 bits per heavy atom. The van der Waals surface area contributed by atoms with Crippen LogP contribution in [-0.2, 0) is 19.1 Å². The minimum atomic E-state index is -0.486. The standard InChI is InChI=1S/C16H26O4/c1-4-5-13(3)19-15(17)10-11-16(18)20-14-8-6-12(2)7-9-14/h10-14H,4-9H2,1-3H3/b11-10+. The first-order valence-electron chi connectivity index (χ1n) is 7.60. The molecule has 0 saturated heterocycles. The Bertz CT molecular complexity index is 340. The van der Waals surface area contributed by atoms with Crippen LogP contribution >= 0.6 is 0 Å². The molecule has 1 saturated carbocycles. The molecule has 1 aliphatic carbocycles. The summed E-state index contributed by atoms with van der Waals surface area (Å²) in [6, 6.07) is 0. The van der Waals surface area contributed by atoms with E-state index >= 15 is 0 Å². The predicted octanol–water partition coefficient (Wildman–Crippen LogP) is 3.40. The van der Waals surface area contributed by atoms with Crippen molar-refractivity contribution in [3.05, 3.63) is 12.2 Å². The Morgan fingerprint density at radius 2 is 1.75 bits per heavy atom. The average Bonchev–Trinajstić information content (AvgIpc) is 2.39. The second-order valence-electron chi connectivity index (χ2n) is 5.69. The number of hydrogen-bond donors (Lipinski definition) is 0. The summed E-state index contributed by atoms with van der Waals surface area (Å²) >= 11 is 0. The summed E-state index contributed by atoms with van der Waals surface area (Å²) in [5.74, 6) is -0.222. The fraction of sp³-hybridized carbons (Fsp3) is 0.750. The van der Waals surface area contributed by atoms with Crippen molar-refractivity contribution in [3.63, 3.8) is 0 Å². The summed E-state index contributed by atoms with van der Waals surface area (Å²) in [4.78, 5) is 23.0. The SMILES string of the molecule is CCCC(C)OC(=O)/C=C/C(=O)OC1CCC(C)CC1. The molecule has 0 aromatic rings. The van der Waals surface area contributed by atoms with Gasteiger partial charge < -0.3 is 9.47 Å². The molecule has 0 heterocycles. The highest BCUT2D eigenvalue weighted by Crippen LogP contribution is 2.25. The molecule has 0 N–H and O–H groups in total. The first kappa shape index (κ1) is 16.7. The maximum atomic E-state index is 11.6. The zero-order valence-corrected chi connectivity index (χ0v) is 12.8. The maximum absolute atomic E-state index is 11.6. The highest BCUT2D eigenvalue weighted by Gasteiger charge is 2.20. The van der Waals surface area contributed by atoms with Crippen LogP contribution in [0, 0.1) is 5.92 Å². The number of hydrogen-bond acceptors (Lipinski definition) is 4. The van der Waals surface area contributed by atoms with Gasteiger partial charge in [0.1, 0.15) is 6.10 Å². The molecule has 0 bridgehead atoms. The summed E-state index contributed by atoms with van der Waals surface area (Å²) in [6.07, 6.45) is 8.00. The van der Waals surface area contributed by atoms with Gasteiger partial charge in [-0.25, -0.2) is 9.59 Å². The zero-order valence-electron chi connectivity index (χ0n) is 12.8. The van der Waals surface area contributed by atoms with E-state index in [2.05, 4.69) is 6.92 Å². The third kappa shape index (κ3) is 6.73. The molecule has 20 heavy (non-hydrogen) atoms. The summed E-state index contributed by atoms with van der Waals surface area (Å²) in [5, 5.41) is 0. The second-order valence-corrected chi connectivity index (χ2v) is 5.69. The average molecular weight is 282 g/mol. The topological polar surface area (TPSA) is 52.6 Å². The lowest BCUT2D eigenvalue weighted by molar-refractivity contribution is -0.146. The molecule has 1 rings (SSSR count). The molecular weight excluding hydrogens is 256 g/mol. The third-order valence-corrected chi connectivity index (χ3v) is 3.61. The van der Waals surface area contributed by atoms with E-state index in [9.17, 15) is 9.59 Å². The van der Waals surface area contributed by atoms with Crippen LogP contribution in [0.5, 0.6) is 0 Å². The van der Waals surface area contributed by atoms with E-state index in [4.69, 9.17) is 9.47 Å². The molecule has 0 aliphatic heterocycles. The number of esters is 2. The van der Waals surface area contributed by atoms with Gasteiger partial charge in [0, 0.05) is 12.2 Å². The largest absolute Gasteiger partial charge is 0.460 e. The molecule has 0 radical (unpaired) electrons. The number of rotatable bonds is 6. The normalized spacial score (nSPS) is 24.4. The van der Waals surface area contributed by atoms with Gasteiger partial charge in [0.25, 0.3) is 0 Å². The van der Waals surface area contributed by atoms with Crippen LogP contribution in [0.1, 0.15) is 59.3 Å². The van der Waals surface area contributed by atoms with Crippen LogP contribution in [-0.4, -0.2) is 24.1 Å². The highest BCUT2D eigenvalue weighted by atomic mass is 16.5. The van der Waals surface area contributed by atoms with Crippen LogP contribution in [0.3, 0.4) is 0 Å². The lowest BCUT2D eigenvalue weighted by atomic mass is 9.89. The van der Waals surface area contributed by atoms with Crippen molar-refractivity contribution in [3.8, 4) is 0 Å². The molecular formula is C16H26O4. The van der Waals surface area contributed by atoms with Crippen molar-refractivity contribution in [2.24, 2.45) is 5.92 Å². The summed E-state index contributed by atoms with van der Waals surface area (Å²) in [6.45, 7) is 6.09. The van der Waals surface area contributed by atoms with Gasteiger partial charge in [-0.05, 0) is 44.9 Å². The fourth-order valence-electron chi connectivity index (χ4n) is 2.39. The zero-order chi connectivity index (χ0) is 15.0. The lowest BCUT2D eigenvalue weighted by Gasteiger charge is -2.25. The Hall–Kier alpha value is -1.32. The van der Waals surface area contributed by atoms with Crippen LogP contribution in [0.4, 0.5) is 0 Å². The third-order valence-electron chi connectivity index (χ3n) is 3.61. The maximum Gasteiger partial charge on any atom is 0.331 e. The van der Waals surface area contributed by atoms with E-state index in [-0.39, 0.29) is 12.2 Å². The van der Waals surface area contributed by atoms with Crippen LogP contribution in [0.2, 0.25) is 0 Å². The van der Waals surface area contributed by atoms with Gasteiger partial charge >= 0.3 is 11.9 Å². The van der Waals surface area contributed by atoms with E-state index in [0.29, 0.717) is 0 Å². The quantitative estimate of drug-likeness (QED) is 0.553. The Morgan fingerprint density at radius 1 is 1.15 bits per heavy atom. The van der Waals surface area contributed by atoms with E-state index in [1.54, 1.807) is 0 Å². The smallest absolute Gasteiger partial charge is 0.331 e. The van der Waals surface area contributed by atoms with Crippen molar-refractivity contribution in [2.45, 2.75) is 71.5 Å². The highest BCUT2D eigenvalue weighted by molar-refractivity contribution is 5.91. The molecule has 4 heteroatoms. The molecule has 0 aromatic heterocycles. The molecule has 0 amide bonds. The molecule has 1 atom stereocenters. The van der Waals surface area contributed by atoms with Gasteiger partial charge in [-0.3, -0.25) is 0 Å². The molecule has 4 nitrogen and oxygen atoms in total. The lowest BCUT2D eigenvalue weighted by Crippen LogP contribution is -2.23. The number of carbonyl (C=O) groups is 2. The van der Waals surface area contributed by atoms with E-state index in [1.165, 1.54) is 6.08 Å². The molecule has 1 fully saturated rings. The van der Waals surface area contributed by atoms with Crippen LogP contribution in [0.15, 0.2) is 12.2 Å². The molecule has 1 aliphatic rings. The van der Waals surface area contributed by atoms with Crippen LogP contribution < -0.4 is 0 Å². The molecule has 0 spiro atoms. The van der Waals surface area contributed by atoms with Gasteiger partial charge in [0.2, 0.25) is 0 Å². The van der Waals surface area contributed by atoms with Crippen molar-refractivity contribution >= 4 is 11.9 Å². The first-order valence-corrected chi connectivity index (χ1v) is 7.60. The Kier molecular flexibility index (Phi) is 7.34. The minimum absolute atomic E-state index is 0.00149. The summed E-state index contributed by atoms with van der Waals surface area (Å²) in [5.41, 5.74) is 0. The minimum Gasteiger partial charge on any atom is -0.460 e. The van der Waals surface area contributed by atoms with E-state index in [0.717, 1.165) is 50.5 Å². The summed E-state index contributed by atoms with van der Waals surface area (Å²) < 4.78 is 10.4. The van der Waals surface area contributed by atoms with Gasteiger partial charge in [-0.15, -0.1) is 0 Å². The predicted molar refractivity (Wildman–Crippen MR) is 77.1 cm³/mol. The summed E-state index contributed by atoms with van der Waals surface area (Å²) in [7, 11) is 0. The molecule has 114 valence electrons. The van der Waals surface area contributed by atoms with Crippen LogP contribution in [0.25, 0.3) is 0 Å². The van der Waals surface area contributed by atoms with Crippen molar-refractivity contribution < 1.29 is 19.1 Å². The Labute approximate surface area is 121 Å². The van der Waals surface area contributed by atoms with Crippen molar-refractivity contribution in [2.75, 3.05) is 0 Å². The Balaban J connectivity index is 2.27. The molecule has 0 aromatic carbocycles. The molecule has 1 unspecified atom stereocenters. The first-order chi connectivity index (χ1) is 9.51.